The van der Waals surface area contributed by atoms with Crippen LogP contribution in [0.2, 0.25) is 0 Å². The summed E-state index contributed by atoms with van der Waals surface area (Å²) in [5.41, 5.74) is 0.457. The van der Waals surface area contributed by atoms with Crippen LogP contribution >= 0.6 is 0 Å². The average molecular weight is 405 g/mol. The Morgan fingerprint density at radius 3 is 2.83 bits per heavy atom. The summed E-state index contributed by atoms with van der Waals surface area (Å²) in [6.07, 6.45) is 11.0. The summed E-state index contributed by atoms with van der Waals surface area (Å²) >= 11 is 0. The van der Waals surface area contributed by atoms with Gasteiger partial charge in [-0.25, -0.2) is 4.79 Å². The van der Waals surface area contributed by atoms with E-state index in [4.69, 9.17) is 4.74 Å². The van der Waals surface area contributed by atoms with Crippen LogP contribution in [-0.4, -0.2) is 54.0 Å². The van der Waals surface area contributed by atoms with Gasteiger partial charge in [-0.2, -0.15) is 0 Å². The van der Waals surface area contributed by atoms with Crippen LogP contribution in [-0.2, 0) is 19.1 Å². The van der Waals surface area contributed by atoms with Gasteiger partial charge in [-0.3, -0.25) is 19.3 Å². The Balaban J connectivity index is 1.41. The van der Waals surface area contributed by atoms with Crippen LogP contribution in [0.15, 0.2) is 11.6 Å². The minimum atomic E-state index is -0.902. The molecule has 2 unspecified atom stereocenters. The van der Waals surface area contributed by atoms with Crippen LogP contribution in [0.5, 0.6) is 0 Å². The number of carbonyl (C=O) groups excluding carboxylic acids is 4. The molecule has 0 aromatic heterocycles. The summed E-state index contributed by atoms with van der Waals surface area (Å²) in [6.45, 7) is 1.57. The molecule has 8 heteroatoms. The first-order valence-electron chi connectivity index (χ1n) is 10.7. The van der Waals surface area contributed by atoms with E-state index in [2.05, 4.69) is 16.7 Å². The van der Waals surface area contributed by atoms with Gasteiger partial charge in [0.25, 0.3) is 11.8 Å². The van der Waals surface area contributed by atoms with E-state index >= 15 is 0 Å². The van der Waals surface area contributed by atoms with Crippen molar-refractivity contribution in [3.8, 4) is 0 Å². The molecule has 3 aliphatic rings. The molecule has 0 aromatic carbocycles. The fourth-order valence-corrected chi connectivity index (χ4v) is 4.51. The number of ether oxygens (including phenoxy) is 1. The molecule has 29 heavy (non-hydrogen) atoms. The number of hydrogen-bond donors (Lipinski definition) is 2. The zero-order chi connectivity index (χ0) is 20.9. The van der Waals surface area contributed by atoms with E-state index < -0.39 is 30.7 Å². The first-order valence-corrected chi connectivity index (χ1v) is 10.7. The van der Waals surface area contributed by atoms with Crippen LogP contribution < -0.4 is 10.6 Å². The molecule has 1 saturated carbocycles. The number of imide groups is 1. The Hall–Kier alpha value is -2.38. The van der Waals surface area contributed by atoms with Crippen LogP contribution in [0.4, 0.5) is 4.79 Å². The second-order valence-corrected chi connectivity index (χ2v) is 8.31. The summed E-state index contributed by atoms with van der Waals surface area (Å²) in [7, 11) is 0. The lowest BCUT2D eigenvalue weighted by Crippen LogP contribution is -2.54. The Bertz CT molecular complexity index is 704. The van der Waals surface area contributed by atoms with Crippen molar-refractivity contribution in [2.24, 2.45) is 5.92 Å². The number of hydrogen-bond acceptors (Lipinski definition) is 5. The normalized spacial score (nSPS) is 26.9. The van der Waals surface area contributed by atoms with Gasteiger partial charge in [0.15, 0.2) is 6.61 Å². The Morgan fingerprint density at radius 2 is 2.10 bits per heavy atom. The average Bonchev–Trinajstić information content (AvgIpc) is 2.94. The number of urea groups is 1. The summed E-state index contributed by atoms with van der Waals surface area (Å²) in [4.78, 5) is 50.0. The Morgan fingerprint density at radius 1 is 1.28 bits per heavy atom. The van der Waals surface area contributed by atoms with Crippen LogP contribution in [0, 0.1) is 5.92 Å². The van der Waals surface area contributed by atoms with E-state index in [0.29, 0.717) is 13.0 Å². The molecule has 2 atom stereocenters. The number of allylic oxidation sites excluding steroid dienone is 1. The molecule has 1 spiro atoms. The van der Waals surface area contributed by atoms with Crippen LogP contribution in [0.3, 0.4) is 0 Å². The second-order valence-electron chi connectivity index (χ2n) is 8.31. The van der Waals surface area contributed by atoms with E-state index in [1.54, 1.807) is 0 Å². The number of esters is 1. The third kappa shape index (κ3) is 4.97. The first kappa shape index (κ1) is 21.3. The molecule has 2 aliphatic carbocycles. The predicted molar refractivity (Wildman–Crippen MR) is 106 cm³/mol. The van der Waals surface area contributed by atoms with Gasteiger partial charge in [-0.15, -0.1) is 0 Å². The molecule has 1 saturated heterocycles. The topological polar surface area (TPSA) is 105 Å². The van der Waals surface area contributed by atoms with Crippen molar-refractivity contribution in [1.82, 2.24) is 15.5 Å². The second kappa shape index (κ2) is 9.41. The number of nitrogens with zero attached hydrogens (tertiary/aromatic N) is 1. The van der Waals surface area contributed by atoms with Crippen molar-refractivity contribution < 1.29 is 23.9 Å². The SMILES string of the molecule is CC1CCCCC12NC(=O)N(CC(=O)OCC(=O)NCCC1=CCCCC1)C2=O. The largest absolute Gasteiger partial charge is 0.454 e. The highest BCUT2D eigenvalue weighted by molar-refractivity contribution is 6.09. The molecule has 4 amide bonds. The van der Waals surface area contributed by atoms with Gasteiger partial charge in [-0.05, 0) is 50.9 Å². The molecular formula is C21H31N3O5. The van der Waals surface area contributed by atoms with E-state index in [9.17, 15) is 19.2 Å². The Labute approximate surface area is 171 Å². The molecule has 2 N–H and O–H groups in total. The molecule has 160 valence electrons. The minimum Gasteiger partial charge on any atom is -0.454 e. The predicted octanol–water partition coefficient (Wildman–Crippen LogP) is 2.04. The monoisotopic (exact) mass is 405 g/mol. The minimum absolute atomic E-state index is 0.0266. The van der Waals surface area contributed by atoms with Crippen LogP contribution in [0.1, 0.15) is 64.7 Å². The van der Waals surface area contributed by atoms with Crippen molar-refractivity contribution >= 4 is 23.8 Å². The first-order chi connectivity index (χ1) is 13.9. The van der Waals surface area contributed by atoms with Gasteiger partial charge >= 0.3 is 12.0 Å². The third-order valence-corrected chi connectivity index (χ3v) is 6.31. The van der Waals surface area contributed by atoms with E-state index in [1.807, 2.05) is 6.92 Å². The summed E-state index contributed by atoms with van der Waals surface area (Å²) < 4.78 is 4.97. The molecule has 0 bridgehead atoms. The van der Waals surface area contributed by atoms with E-state index in [1.165, 1.54) is 18.4 Å². The van der Waals surface area contributed by atoms with Crippen molar-refractivity contribution in [2.75, 3.05) is 19.7 Å². The summed E-state index contributed by atoms with van der Waals surface area (Å²) in [6, 6.07) is -0.564. The lowest BCUT2D eigenvalue weighted by molar-refractivity contribution is -0.151. The van der Waals surface area contributed by atoms with Gasteiger partial charge in [0.05, 0.1) is 0 Å². The fourth-order valence-electron chi connectivity index (χ4n) is 4.51. The maximum Gasteiger partial charge on any atom is 0.326 e. The molecule has 0 radical (unpaired) electrons. The number of carbonyl (C=O) groups is 4. The maximum atomic E-state index is 12.8. The third-order valence-electron chi connectivity index (χ3n) is 6.31. The van der Waals surface area contributed by atoms with E-state index in [0.717, 1.165) is 43.4 Å². The zero-order valence-electron chi connectivity index (χ0n) is 17.1. The van der Waals surface area contributed by atoms with Crippen molar-refractivity contribution in [2.45, 2.75) is 70.3 Å². The lowest BCUT2D eigenvalue weighted by atomic mass is 9.73. The quantitative estimate of drug-likeness (QED) is 0.383. The van der Waals surface area contributed by atoms with Gasteiger partial charge < -0.3 is 15.4 Å². The van der Waals surface area contributed by atoms with Crippen LogP contribution in [0.25, 0.3) is 0 Å². The summed E-state index contributed by atoms with van der Waals surface area (Å²) in [5, 5.41) is 5.53. The molecule has 3 rings (SSSR count). The van der Waals surface area contributed by atoms with Crippen molar-refractivity contribution in [1.29, 1.82) is 0 Å². The lowest BCUT2D eigenvalue weighted by Gasteiger charge is -2.36. The molecule has 0 aromatic rings. The number of rotatable bonds is 7. The van der Waals surface area contributed by atoms with Gasteiger partial charge in [-0.1, -0.05) is 31.4 Å². The highest BCUT2D eigenvalue weighted by Gasteiger charge is 2.55. The van der Waals surface area contributed by atoms with Gasteiger partial charge in [0.1, 0.15) is 12.1 Å². The number of nitrogens with one attached hydrogen (secondary N) is 2. The fraction of sp³-hybridized carbons (Fsp3) is 0.714. The highest BCUT2D eigenvalue weighted by Crippen LogP contribution is 2.38. The van der Waals surface area contributed by atoms with Crippen molar-refractivity contribution in [3.05, 3.63) is 11.6 Å². The molecule has 1 aliphatic heterocycles. The summed E-state index contributed by atoms with van der Waals surface area (Å²) in [5.74, 6) is -1.49. The van der Waals surface area contributed by atoms with Gasteiger partial charge in [0.2, 0.25) is 0 Å². The maximum absolute atomic E-state index is 12.8. The molecule has 2 fully saturated rings. The molecular weight excluding hydrogens is 374 g/mol. The highest BCUT2D eigenvalue weighted by atomic mass is 16.5. The van der Waals surface area contributed by atoms with Gasteiger partial charge in [0, 0.05) is 6.54 Å². The van der Waals surface area contributed by atoms with E-state index in [-0.39, 0.29) is 17.7 Å². The molecule has 8 nitrogen and oxygen atoms in total. The smallest absolute Gasteiger partial charge is 0.326 e. The standard InChI is InChI=1S/C21H31N3O5/c1-15-7-5-6-11-21(15)19(27)24(20(28)23-21)13-18(26)29-14-17(25)22-12-10-16-8-3-2-4-9-16/h8,15H,2-7,9-14H2,1H3,(H,22,25)(H,23,28). The zero-order valence-corrected chi connectivity index (χ0v) is 17.1. The number of amides is 4. The van der Waals surface area contributed by atoms with Crippen molar-refractivity contribution in [3.63, 3.8) is 0 Å². The molecule has 1 heterocycles. The Kier molecular flexibility index (Phi) is 6.92.